The maximum Gasteiger partial charge on any atom is 0.264 e. The fourth-order valence-electron chi connectivity index (χ4n) is 3.47. The Kier molecular flexibility index (Phi) is 6.93. The van der Waals surface area contributed by atoms with Gasteiger partial charge in [-0.15, -0.1) is 0 Å². The first-order valence-corrected chi connectivity index (χ1v) is 12.3. The molecule has 34 heavy (non-hydrogen) atoms. The maximum absolute atomic E-state index is 13.6. The topological polar surface area (TPSA) is 94.2 Å². The maximum atomic E-state index is 13.6. The van der Waals surface area contributed by atoms with Crippen LogP contribution >= 0.6 is 0 Å². The Morgan fingerprint density at radius 1 is 0.971 bits per heavy atom. The van der Waals surface area contributed by atoms with E-state index >= 15 is 0 Å². The molecule has 8 nitrogen and oxygen atoms in total. The van der Waals surface area contributed by atoms with Crippen LogP contribution in [0.4, 0.5) is 11.4 Å². The van der Waals surface area contributed by atoms with Crippen LogP contribution in [0.3, 0.4) is 0 Å². The van der Waals surface area contributed by atoms with Gasteiger partial charge in [-0.1, -0.05) is 17.7 Å². The van der Waals surface area contributed by atoms with E-state index in [0.717, 1.165) is 9.87 Å². The van der Waals surface area contributed by atoms with Gasteiger partial charge < -0.3 is 19.5 Å². The fourth-order valence-corrected chi connectivity index (χ4v) is 4.91. The van der Waals surface area contributed by atoms with Crippen LogP contribution in [0.2, 0.25) is 0 Å². The SMILES string of the molecule is CCOc1ccc(NC(=O)CN(c2ccc(C)cc2)S(=O)(=O)c2ccc3c(c2)OCCO3)cc1. The second-order valence-corrected chi connectivity index (χ2v) is 9.52. The number of sulfonamides is 1. The number of rotatable bonds is 8. The van der Waals surface area contributed by atoms with Gasteiger partial charge in [0, 0.05) is 11.8 Å². The average Bonchev–Trinajstić information content (AvgIpc) is 2.84. The van der Waals surface area contributed by atoms with Gasteiger partial charge >= 0.3 is 0 Å². The molecule has 0 bridgehead atoms. The summed E-state index contributed by atoms with van der Waals surface area (Å²) in [7, 11) is -4.08. The molecule has 0 aromatic heterocycles. The van der Waals surface area contributed by atoms with Gasteiger partial charge in [-0.3, -0.25) is 9.10 Å². The highest BCUT2D eigenvalue weighted by Crippen LogP contribution is 2.34. The van der Waals surface area contributed by atoms with Crippen molar-refractivity contribution in [3.63, 3.8) is 0 Å². The number of amides is 1. The molecular formula is C25H26N2O6S. The molecule has 1 aliphatic rings. The number of hydrogen-bond acceptors (Lipinski definition) is 6. The molecule has 0 aliphatic carbocycles. The first-order chi connectivity index (χ1) is 16.4. The minimum absolute atomic E-state index is 0.00573. The average molecular weight is 483 g/mol. The van der Waals surface area contributed by atoms with Crippen LogP contribution in [0, 0.1) is 6.92 Å². The Bertz CT molecular complexity index is 1260. The Morgan fingerprint density at radius 3 is 2.32 bits per heavy atom. The van der Waals surface area contributed by atoms with Gasteiger partial charge in [0.25, 0.3) is 10.0 Å². The molecule has 1 N–H and O–H groups in total. The zero-order valence-corrected chi connectivity index (χ0v) is 19.8. The lowest BCUT2D eigenvalue weighted by Gasteiger charge is -2.25. The van der Waals surface area contributed by atoms with E-state index in [1.54, 1.807) is 54.6 Å². The van der Waals surface area contributed by atoms with Crippen molar-refractivity contribution >= 4 is 27.3 Å². The Labute approximate surface area is 199 Å². The van der Waals surface area contributed by atoms with Gasteiger partial charge in [-0.25, -0.2) is 8.42 Å². The number of ether oxygens (including phenoxy) is 3. The van der Waals surface area contributed by atoms with Gasteiger partial charge in [0.05, 0.1) is 17.2 Å². The zero-order chi connectivity index (χ0) is 24.1. The van der Waals surface area contributed by atoms with Crippen molar-refractivity contribution in [2.24, 2.45) is 0 Å². The van der Waals surface area contributed by atoms with E-state index in [1.165, 1.54) is 12.1 Å². The third kappa shape index (κ3) is 5.26. The third-order valence-electron chi connectivity index (χ3n) is 5.16. The molecule has 1 heterocycles. The number of carbonyl (C=O) groups excluding carboxylic acids is 1. The summed E-state index contributed by atoms with van der Waals surface area (Å²) in [5.74, 6) is 1.05. The predicted molar refractivity (Wildman–Crippen MR) is 129 cm³/mol. The Morgan fingerprint density at radius 2 is 1.65 bits per heavy atom. The van der Waals surface area contributed by atoms with Crippen LogP contribution in [0.15, 0.2) is 71.6 Å². The van der Waals surface area contributed by atoms with E-state index in [9.17, 15) is 13.2 Å². The van der Waals surface area contributed by atoms with E-state index in [0.29, 0.717) is 48.4 Å². The first-order valence-electron chi connectivity index (χ1n) is 10.9. The summed E-state index contributed by atoms with van der Waals surface area (Å²) in [5.41, 5.74) is 1.88. The van der Waals surface area contributed by atoms with Crippen molar-refractivity contribution in [3.05, 3.63) is 72.3 Å². The molecule has 1 amide bonds. The van der Waals surface area contributed by atoms with Crippen molar-refractivity contribution in [1.82, 2.24) is 0 Å². The molecule has 178 valence electrons. The van der Waals surface area contributed by atoms with Crippen LogP contribution in [0.1, 0.15) is 12.5 Å². The molecular weight excluding hydrogens is 456 g/mol. The van der Waals surface area contributed by atoms with E-state index in [-0.39, 0.29) is 4.90 Å². The fraction of sp³-hybridized carbons (Fsp3) is 0.240. The number of aryl methyl sites for hydroxylation is 1. The molecule has 9 heteroatoms. The van der Waals surface area contributed by atoms with E-state index in [4.69, 9.17) is 14.2 Å². The number of hydrogen-bond donors (Lipinski definition) is 1. The molecule has 3 aromatic carbocycles. The largest absolute Gasteiger partial charge is 0.494 e. The zero-order valence-electron chi connectivity index (χ0n) is 19.0. The number of nitrogens with one attached hydrogen (secondary N) is 1. The van der Waals surface area contributed by atoms with Gasteiger partial charge in [-0.2, -0.15) is 0 Å². The van der Waals surface area contributed by atoms with Crippen molar-refractivity contribution in [1.29, 1.82) is 0 Å². The number of benzene rings is 3. The summed E-state index contributed by atoms with van der Waals surface area (Å²) in [6, 6.07) is 18.3. The molecule has 0 radical (unpaired) electrons. The summed E-state index contributed by atoms with van der Waals surface area (Å²) >= 11 is 0. The highest BCUT2D eigenvalue weighted by Gasteiger charge is 2.29. The lowest BCUT2D eigenvalue weighted by molar-refractivity contribution is -0.114. The number of fused-ring (bicyclic) bond motifs is 1. The molecule has 0 saturated heterocycles. The number of carbonyl (C=O) groups is 1. The standard InChI is InChI=1S/C25H26N2O6S/c1-3-31-21-10-6-19(7-11-21)26-25(28)17-27(20-8-4-18(2)5-9-20)34(29,30)22-12-13-23-24(16-22)33-15-14-32-23/h4-13,16H,3,14-15,17H2,1-2H3,(H,26,28). The monoisotopic (exact) mass is 482 g/mol. The smallest absolute Gasteiger partial charge is 0.264 e. The number of anilines is 2. The minimum atomic E-state index is -4.08. The lowest BCUT2D eigenvalue weighted by atomic mass is 10.2. The van der Waals surface area contributed by atoms with Crippen LogP contribution in [-0.4, -0.2) is 40.7 Å². The molecule has 3 aromatic rings. The molecule has 0 saturated carbocycles. The van der Waals surface area contributed by atoms with Gasteiger partial charge in [0.1, 0.15) is 25.5 Å². The van der Waals surface area contributed by atoms with Crippen LogP contribution in [0.5, 0.6) is 17.2 Å². The summed E-state index contributed by atoms with van der Waals surface area (Å²) < 4.78 is 44.8. The highest BCUT2D eigenvalue weighted by atomic mass is 32.2. The first kappa shape index (κ1) is 23.4. The van der Waals surface area contributed by atoms with Crippen LogP contribution < -0.4 is 23.8 Å². The second-order valence-electron chi connectivity index (χ2n) is 7.66. The van der Waals surface area contributed by atoms with Crippen molar-refractivity contribution in [2.75, 3.05) is 36.0 Å². The molecule has 0 atom stereocenters. The van der Waals surface area contributed by atoms with Crippen molar-refractivity contribution < 1.29 is 27.4 Å². The van der Waals surface area contributed by atoms with E-state index in [1.807, 2.05) is 13.8 Å². The molecule has 1 aliphatic heterocycles. The predicted octanol–water partition coefficient (Wildman–Crippen LogP) is 4.00. The number of nitrogens with zero attached hydrogens (tertiary/aromatic N) is 1. The summed E-state index contributed by atoms with van der Waals surface area (Å²) in [6.45, 7) is 4.66. The highest BCUT2D eigenvalue weighted by molar-refractivity contribution is 7.92. The van der Waals surface area contributed by atoms with Crippen molar-refractivity contribution in [3.8, 4) is 17.2 Å². The molecule has 0 fully saturated rings. The van der Waals surface area contributed by atoms with Gasteiger partial charge in [-0.05, 0) is 62.4 Å². The Hall–Kier alpha value is -3.72. The van der Waals surface area contributed by atoms with Crippen LogP contribution in [0.25, 0.3) is 0 Å². The van der Waals surface area contributed by atoms with Crippen molar-refractivity contribution in [2.45, 2.75) is 18.7 Å². The van der Waals surface area contributed by atoms with Gasteiger partial charge in [0.15, 0.2) is 11.5 Å². The minimum Gasteiger partial charge on any atom is -0.494 e. The summed E-state index contributed by atoms with van der Waals surface area (Å²) in [5, 5.41) is 2.75. The lowest BCUT2D eigenvalue weighted by Crippen LogP contribution is -2.38. The quantitative estimate of drug-likeness (QED) is 0.522. The molecule has 0 unspecified atom stereocenters. The summed E-state index contributed by atoms with van der Waals surface area (Å²) in [4.78, 5) is 12.9. The normalized spacial score (nSPS) is 12.6. The van der Waals surface area contributed by atoms with Gasteiger partial charge in [0.2, 0.25) is 5.91 Å². The summed E-state index contributed by atoms with van der Waals surface area (Å²) in [6.07, 6.45) is 0. The van der Waals surface area contributed by atoms with Crippen LogP contribution in [-0.2, 0) is 14.8 Å². The van der Waals surface area contributed by atoms with E-state index < -0.39 is 22.5 Å². The third-order valence-corrected chi connectivity index (χ3v) is 6.93. The van der Waals surface area contributed by atoms with E-state index in [2.05, 4.69) is 5.32 Å². The Balaban J connectivity index is 1.61. The molecule has 0 spiro atoms. The second kappa shape index (κ2) is 10.0. The molecule has 4 rings (SSSR count).